The van der Waals surface area contributed by atoms with E-state index in [0.717, 1.165) is 4.88 Å². The number of hydrogen-bond donors (Lipinski definition) is 7. The Morgan fingerprint density at radius 2 is 1.44 bits per heavy atom. The number of nitrogens with one attached hydrogen (secondary N) is 5. The molecule has 8 aromatic rings. The van der Waals surface area contributed by atoms with Gasteiger partial charge in [-0.15, -0.1) is 68.0 Å². The van der Waals surface area contributed by atoms with Gasteiger partial charge in [0.15, 0.2) is 5.78 Å². The van der Waals surface area contributed by atoms with Crippen molar-refractivity contribution < 1.29 is 43.7 Å². The Morgan fingerprint density at radius 3 is 2.16 bits per heavy atom. The highest BCUT2D eigenvalue weighted by atomic mass is 32.1. The molecule has 27 heteroatoms. The molecule has 0 saturated heterocycles. The van der Waals surface area contributed by atoms with Crippen molar-refractivity contribution in [2.75, 3.05) is 26.0 Å². The summed E-state index contributed by atoms with van der Waals surface area (Å²) in [7, 11) is 3.06. The molecule has 1 aliphatic heterocycles. The maximum Gasteiger partial charge on any atom is 0.309 e. The number of carbonyl (C=O) groups excluding carboxylic acids is 5. The number of ether oxygens (including phenoxy) is 1. The molecule has 1 aliphatic rings. The number of methoxy groups -OCH3 is 1. The molecule has 0 fully saturated rings. The van der Waals surface area contributed by atoms with Gasteiger partial charge in [-0.2, -0.15) is 0 Å². The minimum atomic E-state index is -1.21. The van der Waals surface area contributed by atoms with Gasteiger partial charge in [0.2, 0.25) is 17.7 Å². The van der Waals surface area contributed by atoms with Crippen molar-refractivity contribution in [3.8, 4) is 43.4 Å². The molecular formula is C60H66N12O9S6. The van der Waals surface area contributed by atoms with Crippen LogP contribution >= 0.6 is 68.0 Å². The van der Waals surface area contributed by atoms with Crippen molar-refractivity contribution in [1.82, 2.24) is 56.2 Å². The third kappa shape index (κ3) is 15.0. The number of hydrogen-bond acceptors (Lipinski definition) is 22. The molecule has 8 heterocycles. The second-order valence-electron chi connectivity index (χ2n) is 22.5. The normalized spacial score (nSPS) is 16.6. The van der Waals surface area contributed by atoms with Crippen LogP contribution in [0.2, 0.25) is 0 Å². The molecule has 10 bridgehead atoms. The van der Waals surface area contributed by atoms with Gasteiger partial charge in [0.25, 0.3) is 5.91 Å². The zero-order valence-corrected chi connectivity index (χ0v) is 54.1. The number of thiazole rings is 6. The maximum atomic E-state index is 14.4. The van der Waals surface area contributed by atoms with Crippen molar-refractivity contribution >= 4 is 115 Å². The highest BCUT2D eigenvalue weighted by molar-refractivity contribution is 7.15. The monoisotopic (exact) mass is 1290 g/mol. The van der Waals surface area contributed by atoms with Crippen LogP contribution in [-0.2, 0) is 30.5 Å². The number of rotatable bonds is 15. The first-order chi connectivity index (χ1) is 41.4. The summed E-state index contributed by atoms with van der Waals surface area (Å²) in [6.07, 6.45) is 0.0368. The maximum absolute atomic E-state index is 14.4. The second kappa shape index (κ2) is 27.3. The Kier molecular flexibility index (Phi) is 20.2. The lowest BCUT2D eigenvalue weighted by Crippen LogP contribution is -2.38. The lowest BCUT2D eigenvalue weighted by molar-refractivity contribution is -0.147. The van der Waals surface area contributed by atoms with Gasteiger partial charge in [-0.05, 0) is 57.2 Å². The quantitative estimate of drug-likeness (QED) is 0.0502. The predicted octanol–water partition coefficient (Wildman–Crippen LogP) is 11.3. The van der Waals surface area contributed by atoms with E-state index in [1.807, 2.05) is 45.2 Å². The standard InChI is InChI=1S/C60H66N12O9S6/c1-29(2)34-21-40(73)46-31(4)86-55(72-46)36(22-43(74)61-9)64-50(77)38-26-82-51(66-38)33-17-18-35(53-68-42(28-85-53)69-57(78)59(5,6)19-14-20-60(7,8)58(79)80)63-47(33)37-25-83-54(65-37)39-27-84-56(67-39)48(49(76)32-15-12-11-13-16-32)70-44(75)23-62-30(3)45-41(24-81-10)87-52(34)71-45/h11-13,15-18,25-29,34,36,48-49,62,76H,3,14,19-24H2,1-2,4-10H3,(H,61,74)(H,64,77)(H,69,78)(H,70,75)(H,79,80)/t34-,36+,48+,49+/m1/s1. The van der Waals surface area contributed by atoms with E-state index in [4.69, 9.17) is 39.6 Å². The summed E-state index contributed by atoms with van der Waals surface area (Å²) in [5.74, 6) is -2.94. The van der Waals surface area contributed by atoms with E-state index < -0.39 is 46.8 Å². The van der Waals surface area contributed by atoms with Gasteiger partial charge in [-0.1, -0.05) is 71.0 Å². The zero-order chi connectivity index (χ0) is 62.5. The van der Waals surface area contributed by atoms with Gasteiger partial charge in [0, 0.05) is 63.9 Å². The molecule has 87 heavy (non-hydrogen) atoms. The van der Waals surface area contributed by atoms with E-state index in [1.54, 1.807) is 74.4 Å². The van der Waals surface area contributed by atoms with E-state index in [9.17, 15) is 39.0 Å². The summed E-state index contributed by atoms with van der Waals surface area (Å²) >= 11 is 7.60. The van der Waals surface area contributed by atoms with Crippen LogP contribution in [0.1, 0.15) is 155 Å². The number of Topliss-reactive ketones (excluding diaryl/α,β-unsaturated/α-hetero) is 1. The van der Waals surface area contributed by atoms with Crippen molar-refractivity contribution in [3.63, 3.8) is 0 Å². The molecule has 456 valence electrons. The van der Waals surface area contributed by atoms with Crippen molar-refractivity contribution in [3.05, 3.63) is 118 Å². The molecular weight excluding hydrogens is 1230 g/mol. The summed E-state index contributed by atoms with van der Waals surface area (Å²) in [5.41, 5.74) is 2.15. The first kappa shape index (κ1) is 64.1. The largest absolute Gasteiger partial charge is 0.481 e. The fraction of sp³-hybridized carbons (Fsp3) is 0.383. The number of carboxylic acid groups (broad SMARTS) is 1. The summed E-state index contributed by atoms with van der Waals surface area (Å²) in [6.45, 7) is 16.9. The number of benzene rings is 1. The Morgan fingerprint density at radius 1 is 0.759 bits per heavy atom. The average molecular weight is 1290 g/mol. The van der Waals surface area contributed by atoms with Crippen LogP contribution in [-0.4, -0.2) is 101 Å². The summed E-state index contributed by atoms with van der Waals surface area (Å²) in [4.78, 5) is 117. The van der Waals surface area contributed by atoms with Crippen LogP contribution < -0.4 is 26.6 Å². The SMILES string of the molecule is C=C1NCC(=O)N[C@@H]([C@@H](O)c2ccccc2)c2nc(cs2)-c2nc(cs2)-c2nc(-c3nc(NC(=O)C(C)(C)CCCC(C)(C)C(=O)O)cs3)ccc2-c2nc(cs2)C(=O)N[C@@H](CC(=O)NC)c2nc(c(C)s2)C(=O)C[C@H](C(C)C)c2nc1c(COC)s2. The minimum Gasteiger partial charge on any atom is -0.481 e. The van der Waals surface area contributed by atoms with Crippen LogP contribution in [0.4, 0.5) is 5.82 Å². The number of aryl methyl sites for hydroxylation is 1. The third-order valence-electron chi connectivity index (χ3n) is 14.8. The third-order valence-corrected chi connectivity index (χ3v) is 20.5. The first-order valence-corrected chi connectivity index (χ1v) is 32.9. The molecule has 0 radical (unpaired) electrons. The second-order valence-corrected chi connectivity index (χ2v) is 28.3. The predicted molar refractivity (Wildman–Crippen MR) is 341 cm³/mol. The number of aliphatic hydroxyl groups is 1. The number of carboxylic acids is 1. The molecule has 4 amide bonds. The van der Waals surface area contributed by atoms with Crippen LogP contribution in [0.25, 0.3) is 49.1 Å². The molecule has 0 spiro atoms. The number of fused-ring (bicyclic) bond motifs is 14. The smallest absolute Gasteiger partial charge is 0.309 e. The number of nitrogens with zero attached hydrogens (tertiary/aromatic N) is 7. The van der Waals surface area contributed by atoms with E-state index in [0.29, 0.717) is 105 Å². The number of carbonyl (C=O) groups is 6. The minimum absolute atomic E-state index is 0.0431. The van der Waals surface area contributed by atoms with Crippen LogP contribution in [0.15, 0.2) is 70.6 Å². The molecule has 7 N–H and O–H groups in total. The van der Waals surface area contributed by atoms with Gasteiger partial charge >= 0.3 is 5.97 Å². The molecule has 21 nitrogen and oxygen atoms in total. The van der Waals surface area contributed by atoms with E-state index in [2.05, 4.69) is 33.2 Å². The average Bonchev–Trinajstić information content (AvgIpc) is 3.15. The number of aromatic nitrogens is 7. The Hall–Kier alpha value is -7.37. The number of amides is 4. The van der Waals surface area contributed by atoms with Gasteiger partial charge in [-0.3, -0.25) is 28.8 Å². The van der Waals surface area contributed by atoms with Gasteiger partial charge in [-0.25, -0.2) is 34.9 Å². The van der Waals surface area contributed by atoms with Crippen molar-refractivity contribution in [2.24, 2.45) is 16.7 Å². The summed E-state index contributed by atoms with van der Waals surface area (Å²) in [6, 6.07) is 10.6. The number of aliphatic hydroxyl groups excluding tert-OH is 1. The van der Waals surface area contributed by atoms with Crippen LogP contribution in [0.3, 0.4) is 0 Å². The van der Waals surface area contributed by atoms with Crippen LogP contribution in [0, 0.1) is 23.7 Å². The molecule has 0 saturated carbocycles. The van der Waals surface area contributed by atoms with Gasteiger partial charge in [0.1, 0.15) is 77.2 Å². The topological polar surface area (TPSA) is 302 Å². The first-order valence-electron chi connectivity index (χ1n) is 27.8. The number of pyridine rings is 1. The van der Waals surface area contributed by atoms with Crippen LogP contribution in [0.5, 0.6) is 0 Å². The highest BCUT2D eigenvalue weighted by Crippen LogP contribution is 2.41. The Balaban J connectivity index is 1.10. The number of ketones is 1. The zero-order valence-electron chi connectivity index (χ0n) is 49.2. The molecule has 0 aliphatic carbocycles. The lowest BCUT2D eigenvalue weighted by atomic mass is 9.81. The summed E-state index contributed by atoms with van der Waals surface area (Å²) < 4.78 is 5.59. The van der Waals surface area contributed by atoms with E-state index in [1.165, 1.54) is 75.1 Å². The Labute approximate surface area is 526 Å². The van der Waals surface area contributed by atoms with Crippen molar-refractivity contribution in [1.29, 1.82) is 0 Å². The molecule has 0 unspecified atom stereocenters. The molecule has 7 aromatic heterocycles. The molecule has 4 atom stereocenters. The summed E-state index contributed by atoms with van der Waals surface area (Å²) in [5, 5.41) is 46.0. The van der Waals surface area contributed by atoms with Gasteiger partial charge < -0.3 is 41.5 Å². The van der Waals surface area contributed by atoms with Gasteiger partial charge in [0.05, 0.1) is 52.3 Å². The number of aliphatic carboxylic acids is 1. The highest BCUT2D eigenvalue weighted by Gasteiger charge is 2.35. The Bertz CT molecular complexity index is 3860. The molecule has 9 rings (SSSR count). The number of anilines is 1. The van der Waals surface area contributed by atoms with E-state index >= 15 is 0 Å². The van der Waals surface area contributed by atoms with Crippen molar-refractivity contribution in [2.45, 2.75) is 111 Å². The van der Waals surface area contributed by atoms with E-state index in [-0.39, 0.29) is 66.8 Å². The molecule has 1 aromatic carbocycles. The fourth-order valence-corrected chi connectivity index (χ4v) is 15.1. The lowest BCUT2D eigenvalue weighted by Gasteiger charge is -2.25. The fourth-order valence-electron chi connectivity index (χ4n) is 9.46.